The molecule has 36 heavy (non-hydrogen) atoms. The maximum Gasteiger partial charge on any atom is 0.292 e. The number of amides is 2. The summed E-state index contributed by atoms with van der Waals surface area (Å²) in [5.74, 6) is -0.980. The minimum atomic E-state index is -1.75. The molecule has 2 aliphatic heterocycles. The van der Waals surface area contributed by atoms with Crippen LogP contribution in [0, 0.1) is 6.92 Å². The van der Waals surface area contributed by atoms with Crippen LogP contribution >= 0.6 is 23.1 Å². The van der Waals surface area contributed by atoms with Crippen LogP contribution in [-0.2, 0) is 0 Å². The van der Waals surface area contributed by atoms with Crippen LogP contribution < -0.4 is 21.0 Å². The van der Waals surface area contributed by atoms with Crippen LogP contribution in [0.4, 0.5) is 15.8 Å². The minimum Gasteiger partial charge on any atom is -0.366 e. The van der Waals surface area contributed by atoms with Crippen LogP contribution in [0.15, 0.2) is 54.6 Å². The third-order valence-electron chi connectivity index (χ3n) is 6.75. The molecule has 3 aromatic rings. The number of fused-ring (bicyclic) bond motifs is 1. The fourth-order valence-electron chi connectivity index (χ4n) is 4.82. The van der Waals surface area contributed by atoms with Crippen molar-refractivity contribution in [2.75, 3.05) is 22.9 Å². The molecular formula is C25H19B3Cl2FN3O2. The van der Waals surface area contributed by atoms with Crippen molar-refractivity contribution in [1.82, 2.24) is 0 Å². The van der Waals surface area contributed by atoms with Gasteiger partial charge in [-0.2, -0.15) is 11.5 Å². The topological polar surface area (TPSA) is 66.6 Å². The number of rotatable bonds is 4. The number of carbonyl (C=O) groups is 2. The Labute approximate surface area is 221 Å². The molecule has 3 aromatic carbocycles. The van der Waals surface area contributed by atoms with E-state index >= 15 is 0 Å². The monoisotopic (exact) mass is 515 g/mol. The Bertz CT molecular complexity index is 1420. The van der Waals surface area contributed by atoms with Gasteiger partial charge in [0, 0.05) is 21.7 Å². The predicted octanol–water partition coefficient (Wildman–Crippen LogP) is 3.20. The molecule has 0 aliphatic carbocycles. The zero-order valence-corrected chi connectivity index (χ0v) is 20.9. The lowest BCUT2D eigenvalue weighted by molar-refractivity contribution is 0.0981. The van der Waals surface area contributed by atoms with Gasteiger partial charge in [-0.3, -0.25) is 9.59 Å². The first-order valence-corrected chi connectivity index (χ1v) is 12.1. The molecule has 2 amide bonds. The summed E-state index contributed by atoms with van der Waals surface area (Å²) in [7, 11) is 13.0. The summed E-state index contributed by atoms with van der Waals surface area (Å²) in [6, 6.07) is 15.4. The number of primary amides is 1. The summed E-state index contributed by atoms with van der Waals surface area (Å²) >= 11 is 13.2. The van der Waals surface area contributed by atoms with Crippen molar-refractivity contribution in [2.24, 2.45) is 5.73 Å². The second-order valence-electron chi connectivity index (χ2n) is 9.19. The van der Waals surface area contributed by atoms with E-state index in [4.69, 9.17) is 44.5 Å². The number of halogens is 3. The van der Waals surface area contributed by atoms with Gasteiger partial charge in [0.15, 0.2) is 0 Å². The largest absolute Gasteiger partial charge is 0.366 e. The first-order valence-electron chi connectivity index (χ1n) is 11.3. The van der Waals surface area contributed by atoms with Crippen molar-refractivity contribution < 1.29 is 14.0 Å². The SMILES string of the molecule is [B]C1([B])B(Cl)c2cccc(C)c2C(=O)N1c1ccc(-c2ccc(C(N)=O)cc2Cl)cc1N1CC(F)C1. The smallest absolute Gasteiger partial charge is 0.292 e. The zero-order chi connectivity index (χ0) is 25.9. The van der Waals surface area contributed by atoms with E-state index in [2.05, 4.69) is 0 Å². The number of hydrogen-bond donors (Lipinski definition) is 1. The van der Waals surface area contributed by atoms with Crippen molar-refractivity contribution in [2.45, 2.75) is 18.3 Å². The summed E-state index contributed by atoms with van der Waals surface area (Å²) in [6.07, 6.45) is -1.89. The van der Waals surface area contributed by atoms with Crippen LogP contribution in [0.2, 0.25) is 5.02 Å². The Morgan fingerprint density at radius 1 is 1.14 bits per heavy atom. The van der Waals surface area contributed by atoms with Gasteiger partial charge in [0.1, 0.15) is 6.17 Å². The molecule has 2 aliphatic rings. The fourth-order valence-corrected chi connectivity index (χ4v) is 5.39. The van der Waals surface area contributed by atoms with Gasteiger partial charge in [-0.15, -0.1) is 0 Å². The van der Waals surface area contributed by atoms with E-state index in [0.717, 1.165) is 5.56 Å². The lowest BCUT2D eigenvalue weighted by Crippen LogP contribution is -2.70. The Balaban J connectivity index is 1.66. The maximum atomic E-state index is 13.9. The van der Waals surface area contributed by atoms with E-state index in [1.165, 1.54) is 11.0 Å². The van der Waals surface area contributed by atoms with E-state index < -0.39 is 23.4 Å². The molecule has 11 heteroatoms. The number of aryl methyl sites for hydroxylation is 1. The lowest BCUT2D eigenvalue weighted by atomic mass is 9.32. The van der Waals surface area contributed by atoms with Crippen molar-refractivity contribution in [1.29, 1.82) is 0 Å². The van der Waals surface area contributed by atoms with E-state index in [0.29, 0.717) is 38.6 Å². The third-order valence-corrected chi connectivity index (χ3v) is 7.64. The third kappa shape index (κ3) is 3.89. The quantitative estimate of drug-likeness (QED) is 0.543. The number of benzene rings is 3. The highest BCUT2D eigenvalue weighted by molar-refractivity contribution is 7.22. The first kappa shape index (κ1) is 24.8. The Hall–Kier alpha value is -2.90. The summed E-state index contributed by atoms with van der Waals surface area (Å²) in [5, 5.41) is -1.43. The molecule has 1 saturated heterocycles. The lowest BCUT2D eigenvalue weighted by Gasteiger charge is -2.48. The van der Waals surface area contributed by atoms with E-state index in [-0.39, 0.29) is 24.6 Å². The molecular weight excluding hydrogens is 497 g/mol. The highest BCUT2D eigenvalue weighted by Gasteiger charge is 2.48. The molecule has 5 nitrogen and oxygen atoms in total. The predicted molar refractivity (Wildman–Crippen MR) is 146 cm³/mol. The van der Waals surface area contributed by atoms with Gasteiger partial charge >= 0.3 is 0 Å². The highest BCUT2D eigenvalue weighted by Crippen LogP contribution is 2.42. The molecule has 0 atom stereocenters. The summed E-state index contributed by atoms with van der Waals surface area (Å²) in [6.45, 7) is 2.12. The van der Waals surface area contributed by atoms with Gasteiger partial charge in [0.05, 0.1) is 40.2 Å². The van der Waals surface area contributed by atoms with Crippen LogP contribution in [0.1, 0.15) is 26.3 Å². The van der Waals surface area contributed by atoms with E-state index in [1.807, 2.05) is 13.0 Å². The molecule has 4 radical (unpaired) electrons. The van der Waals surface area contributed by atoms with Crippen LogP contribution in [0.5, 0.6) is 0 Å². The average molecular weight is 516 g/mol. The van der Waals surface area contributed by atoms with Crippen LogP contribution in [0.3, 0.4) is 0 Å². The number of nitrogens with two attached hydrogens (primary N) is 1. The highest BCUT2D eigenvalue weighted by atomic mass is 35.5. The fraction of sp³-hybridized carbons (Fsp3) is 0.200. The molecule has 176 valence electrons. The molecule has 5 rings (SSSR count). The second kappa shape index (κ2) is 8.89. The standard InChI is InChI=1S/C25H19B3Cl2FN3O2/c1-13-3-2-4-18-22(13)24(36)34(25(26,27)28(18)30)20-8-6-14(10-21(20)33-11-16(31)12-33)17-7-5-15(23(32)35)9-19(17)29/h2-10,16H,11-12H2,1H3,(H2,32,35). The molecule has 0 bridgehead atoms. The maximum absolute atomic E-state index is 13.9. The molecule has 1 fully saturated rings. The van der Waals surface area contributed by atoms with Crippen molar-refractivity contribution in [3.63, 3.8) is 0 Å². The molecule has 2 N–H and O–H groups in total. The Kier molecular flexibility index (Phi) is 6.12. The summed E-state index contributed by atoms with van der Waals surface area (Å²) < 4.78 is 13.9. The Morgan fingerprint density at radius 2 is 1.86 bits per heavy atom. The summed E-state index contributed by atoms with van der Waals surface area (Å²) in [5.41, 5.74) is 9.69. The normalized spacial score (nSPS) is 17.1. The molecule has 0 saturated carbocycles. The van der Waals surface area contributed by atoms with Crippen molar-refractivity contribution in [3.05, 3.63) is 76.3 Å². The van der Waals surface area contributed by atoms with Gasteiger partial charge in [0.2, 0.25) is 5.91 Å². The van der Waals surface area contributed by atoms with E-state index in [1.54, 1.807) is 47.4 Å². The molecule has 0 aromatic heterocycles. The van der Waals surface area contributed by atoms with Gasteiger partial charge in [-0.1, -0.05) is 41.9 Å². The number of carbonyl (C=O) groups excluding carboxylic acids is 2. The van der Waals surface area contributed by atoms with Crippen LogP contribution in [-0.4, -0.2) is 58.1 Å². The van der Waals surface area contributed by atoms with Crippen molar-refractivity contribution in [3.8, 4) is 11.1 Å². The van der Waals surface area contributed by atoms with Gasteiger partial charge in [-0.05, 0) is 53.0 Å². The Morgan fingerprint density at radius 3 is 2.50 bits per heavy atom. The molecule has 2 heterocycles. The first-order chi connectivity index (χ1) is 17.0. The number of hydrogen-bond acceptors (Lipinski definition) is 3. The van der Waals surface area contributed by atoms with Gasteiger partial charge < -0.3 is 15.5 Å². The second-order valence-corrected chi connectivity index (χ2v) is 10.0. The van der Waals surface area contributed by atoms with Gasteiger partial charge in [0.25, 0.3) is 12.0 Å². The van der Waals surface area contributed by atoms with Gasteiger partial charge in [-0.25, -0.2) is 4.39 Å². The summed E-state index contributed by atoms with van der Waals surface area (Å²) in [4.78, 5) is 28.4. The van der Waals surface area contributed by atoms with Crippen LogP contribution in [0.25, 0.3) is 11.1 Å². The van der Waals surface area contributed by atoms with E-state index in [9.17, 15) is 14.0 Å². The van der Waals surface area contributed by atoms with Crippen molar-refractivity contribution >= 4 is 73.5 Å². The molecule has 0 spiro atoms. The zero-order valence-electron chi connectivity index (χ0n) is 19.3. The number of nitrogens with zero attached hydrogens (tertiary/aromatic N) is 2. The minimum absolute atomic E-state index is 0.148. The number of alkyl halides is 1. The molecule has 0 unspecified atom stereocenters. The average Bonchev–Trinajstić information content (AvgIpc) is 2.80. The number of anilines is 2.